The van der Waals surface area contributed by atoms with Crippen LogP contribution in [0.1, 0.15) is 60.7 Å². The highest BCUT2D eigenvalue weighted by atomic mass is 35.5. The predicted octanol–water partition coefficient (Wildman–Crippen LogP) is 2.02. The Morgan fingerprint density at radius 2 is 2.00 bits per heavy atom. The maximum Gasteiger partial charge on any atom is 0.167 e. The Morgan fingerprint density at radius 1 is 1.16 bits per heavy atom. The average molecular weight is 366 g/mol. The highest BCUT2D eigenvalue weighted by molar-refractivity contribution is 6.21. The van der Waals surface area contributed by atoms with Crippen molar-refractivity contribution in [2.24, 2.45) is 4.99 Å². The van der Waals surface area contributed by atoms with Gasteiger partial charge in [-0.3, -0.25) is 9.89 Å². The molecule has 0 bridgehead atoms. The van der Waals surface area contributed by atoms with Crippen LogP contribution in [0.25, 0.3) is 0 Å². The molecular weight excluding hydrogens is 338 g/mol. The number of nitrogens with one attached hydrogen (secondary N) is 1. The molecule has 3 heterocycles. The zero-order chi connectivity index (χ0) is 17.2. The quantitative estimate of drug-likeness (QED) is 0.633. The minimum absolute atomic E-state index is 0.0415. The number of rotatable bonds is 4. The van der Waals surface area contributed by atoms with E-state index in [0.29, 0.717) is 5.92 Å². The Labute approximate surface area is 154 Å². The van der Waals surface area contributed by atoms with Crippen molar-refractivity contribution in [3.05, 3.63) is 17.2 Å². The summed E-state index contributed by atoms with van der Waals surface area (Å²) in [7, 11) is 0. The molecule has 25 heavy (non-hydrogen) atoms. The molecule has 0 spiro atoms. The van der Waals surface area contributed by atoms with Crippen LogP contribution in [0.2, 0.25) is 0 Å². The SMILES string of the molecule is OCc1nc2c(n1CCN1CCNCC1)C1CCCCCC1=NC2Cl. The molecular formula is C18H28ClN5O. The molecule has 138 valence electrons. The number of fused-ring (bicyclic) bond motifs is 3. The molecule has 2 fully saturated rings. The van der Waals surface area contributed by atoms with Gasteiger partial charge in [0.05, 0.1) is 5.69 Å². The first-order valence-electron chi connectivity index (χ1n) is 9.61. The third-order valence-corrected chi connectivity index (χ3v) is 6.07. The number of imidazole rings is 1. The fourth-order valence-corrected chi connectivity index (χ4v) is 4.74. The van der Waals surface area contributed by atoms with Gasteiger partial charge < -0.3 is 15.0 Å². The molecule has 6 nitrogen and oxygen atoms in total. The van der Waals surface area contributed by atoms with Gasteiger partial charge >= 0.3 is 0 Å². The molecule has 2 unspecified atom stereocenters. The molecule has 1 aliphatic carbocycles. The van der Waals surface area contributed by atoms with Crippen LogP contribution in [0.4, 0.5) is 0 Å². The maximum atomic E-state index is 9.86. The molecule has 2 atom stereocenters. The lowest BCUT2D eigenvalue weighted by Gasteiger charge is -2.29. The molecule has 4 rings (SSSR count). The van der Waals surface area contributed by atoms with Crippen LogP contribution >= 0.6 is 11.6 Å². The van der Waals surface area contributed by atoms with Crippen molar-refractivity contribution in [1.82, 2.24) is 19.8 Å². The van der Waals surface area contributed by atoms with Crippen molar-refractivity contribution in [1.29, 1.82) is 0 Å². The van der Waals surface area contributed by atoms with E-state index in [-0.39, 0.29) is 6.61 Å². The number of alkyl halides is 1. The van der Waals surface area contributed by atoms with E-state index in [1.807, 2.05) is 0 Å². The summed E-state index contributed by atoms with van der Waals surface area (Å²) in [6, 6.07) is 0. The number of hydrogen-bond donors (Lipinski definition) is 2. The van der Waals surface area contributed by atoms with Crippen LogP contribution < -0.4 is 5.32 Å². The van der Waals surface area contributed by atoms with Gasteiger partial charge in [-0.05, 0) is 19.3 Å². The standard InChI is InChI=1S/C18H28ClN5O/c19-18-16-17(13-4-2-1-3-5-14(13)21-18)24(15(12-25)22-16)11-10-23-8-6-20-7-9-23/h13,18,20,25H,1-12H2. The molecule has 2 N–H and O–H groups in total. The van der Waals surface area contributed by atoms with Crippen LogP contribution in [0.3, 0.4) is 0 Å². The lowest BCUT2D eigenvalue weighted by atomic mass is 9.90. The van der Waals surface area contributed by atoms with E-state index < -0.39 is 5.50 Å². The molecule has 1 aromatic rings. The van der Waals surface area contributed by atoms with E-state index in [1.54, 1.807) is 0 Å². The van der Waals surface area contributed by atoms with E-state index in [2.05, 4.69) is 19.8 Å². The Kier molecular flexibility index (Phi) is 5.41. The van der Waals surface area contributed by atoms with Crippen LogP contribution in [0.5, 0.6) is 0 Å². The van der Waals surface area contributed by atoms with Crippen molar-refractivity contribution in [2.75, 3.05) is 32.7 Å². The molecule has 1 aromatic heterocycles. The number of aliphatic hydroxyl groups excluding tert-OH is 1. The highest BCUT2D eigenvalue weighted by Gasteiger charge is 2.35. The molecule has 7 heteroatoms. The minimum Gasteiger partial charge on any atom is -0.388 e. The summed E-state index contributed by atoms with van der Waals surface area (Å²) in [6.07, 6.45) is 5.87. The Morgan fingerprint density at radius 3 is 2.80 bits per heavy atom. The van der Waals surface area contributed by atoms with E-state index in [4.69, 9.17) is 16.6 Å². The fourth-order valence-electron chi connectivity index (χ4n) is 4.45. The average Bonchev–Trinajstić information content (AvgIpc) is 2.86. The summed E-state index contributed by atoms with van der Waals surface area (Å²) in [6.45, 7) is 6.09. The van der Waals surface area contributed by atoms with Crippen molar-refractivity contribution >= 4 is 17.3 Å². The monoisotopic (exact) mass is 365 g/mol. The first-order valence-corrected chi connectivity index (χ1v) is 10.1. The first-order chi connectivity index (χ1) is 12.3. The summed E-state index contributed by atoms with van der Waals surface area (Å²) >= 11 is 6.55. The maximum absolute atomic E-state index is 9.86. The number of halogens is 1. The minimum atomic E-state index is -0.398. The second kappa shape index (κ2) is 7.74. The zero-order valence-corrected chi connectivity index (χ0v) is 15.5. The number of piperazine rings is 1. The fraction of sp³-hybridized carbons (Fsp3) is 0.778. The van der Waals surface area contributed by atoms with Crippen LogP contribution in [-0.4, -0.2) is 58.0 Å². The summed E-state index contributed by atoms with van der Waals surface area (Å²) in [5, 5.41) is 13.3. The summed E-state index contributed by atoms with van der Waals surface area (Å²) in [5.41, 5.74) is 2.95. The highest BCUT2D eigenvalue weighted by Crippen LogP contribution is 2.41. The van der Waals surface area contributed by atoms with E-state index >= 15 is 0 Å². The third kappa shape index (κ3) is 3.50. The van der Waals surface area contributed by atoms with E-state index in [1.165, 1.54) is 30.7 Å². The number of aromatic nitrogens is 2. The third-order valence-electron chi connectivity index (χ3n) is 5.77. The Hall–Kier alpha value is -0.950. The van der Waals surface area contributed by atoms with Gasteiger partial charge in [0, 0.05) is 50.9 Å². The molecule has 3 aliphatic rings. The van der Waals surface area contributed by atoms with Gasteiger partial charge in [-0.25, -0.2) is 4.98 Å². The van der Waals surface area contributed by atoms with Gasteiger partial charge in [0.1, 0.15) is 18.1 Å². The second-order valence-electron chi connectivity index (χ2n) is 7.31. The van der Waals surface area contributed by atoms with Crippen molar-refractivity contribution in [3.8, 4) is 0 Å². The summed E-state index contributed by atoms with van der Waals surface area (Å²) < 4.78 is 2.25. The first kappa shape index (κ1) is 17.5. The largest absolute Gasteiger partial charge is 0.388 e. The molecule has 2 aliphatic heterocycles. The number of aliphatic imine (C=N–C) groups is 1. The Bertz CT molecular complexity index is 638. The van der Waals surface area contributed by atoms with Gasteiger partial charge in [-0.2, -0.15) is 0 Å². The number of nitrogens with zero attached hydrogens (tertiary/aromatic N) is 4. The van der Waals surface area contributed by atoms with Crippen molar-refractivity contribution in [3.63, 3.8) is 0 Å². The van der Waals surface area contributed by atoms with Gasteiger partial charge in [-0.1, -0.05) is 24.4 Å². The van der Waals surface area contributed by atoms with Crippen LogP contribution in [-0.2, 0) is 13.2 Å². The zero-order valence-electron chi connectivity index (χ0n) is 14.8. The van der Waals surface area contributed by atoms with Crippen LogP contribution in [0.15, 0.2) is 4.99 Å². The molecule has 0 amide bonds. The Balaban J connectivity index is 1.63. The van der Waals surface area contributed by atoms with E-state index in [9.17, 15) is 5.11 Å². The van der Waals surface area contributed by atoms with Crippen molar-refractivity contribution in [2.45, 2.75) is 56.7 Å². The van der Waals surface area contributed by atoms with E-state index in [0.717, 1.165) is 63.6 Å². The van der Waals surface area contributed by atoms with Crippen LogP contribution in [0, 0.1) is 0 Å². The van der Waals surface area contributed by atoms with Crippen molar-refractivity contribution < 1.29 is 5.11 Å². The smallest absolute Gasteiger partial charge is 0.167 e. The van der Waals surface area contributed by atoms with Gasteiger partial charge in [-0.15, -0.1) is 0 Å². The van der Waals surface area contributed by atoms with Gasteiger partial charge in [0.25, 0.3) is 0 Å². The number of hydrogen-bond acceptors (Lipinski definition) is 5. The van der Waals surface area contributed by atoms with Gasteiger partial charge in [0.2, 0.25) is 0 Å². The molecule has 1 saturated carbocycles. The number of aliphatic hydroxyl groups is 1. The normalized spacial score (nSPS) is 27.4. The lowest BCUT2D eigenvalue weighted by molar-refractivity contribution is 0.223. The molecule has 1 saturated heterocycles. The summed E-state index contributed by atoms with van der Waals surface area (Å²) in [4.78, 5) is 11.9. The second-order valence-corrected chi connectivity index (χ2v) is 7.72. The molecule has 0 aromatic carbocycles. The lowest BCUT2D eigenvalue weighted by Crippen LogP contribution is -2.44. The van der Waals surface area contributed by atoms with Gasteiger partial charge in [0.15, 0.2) is 5.50 Å². The predicted molar refractivity (Wildman–Crippen MR) is 99.3 cm³/mol. The molecule has 0 radical (unpaired) electrons. The topological polar surface area (TPSA) is 65.7 Å². The summed E-state index contributed by atoms with van der Waals surface area (Å²) in [5.74, 6) is 1.08.